The lowest BCUT2D eigenvalue weighted by atomic mass is 9.95. The number of aromatic nitrogens is 1. The van der Waals surface area contributed by atoms with Crippen molar-refractivity contribution in [3.63, 3.8) is 0 Å². The van der Waals surface area contributed by atoms with Gasteiger partial charge in [0, 0.05) is 25.3 Å². The highest BCUT2D eigenvalue weighted by atomic mass is 19.1. The average molecular weight is 298 g/mol. The van der Waals surface area contributed by atoms with Crippen molar-refractivity contribution in [3.8, 4) is 0 Å². The van der Waals surface area contributed by atoms with Crippen LogP contribution in [0.25, 0.3) is 0 Å². The van der Waals surface area contributed by atoms with E-state index in [1.807, 2.05) is 6.92 Å². The number of nitrogens with zero attached hydrogens (tertiary/aromatic N) is 3. The van der Waals surface area contributed by atoms with E-state index in [4.69, 9.17) is 5.11 Å². The largest absolute Gasteiger partial charge is 0.465 e. The van der Waals surface area contributed by atoms with Gasteiger partial charge in [-0.25, -0.2) is 9.78 Å². The van der Waals surface area contributed by atoms with Gasteiger partial charge in [0.05, 0.1) is 4.92 Å². The standard InChI is InChI=1S/C12H15FN4O4/c1-7-4-8(15-12(18)19)6-16(5-7)9-2-3-14-11(13)10(9)17(20)21/h2-3,7-8,15H,4-6H2,1H3,(H,18,19)/t7-,8+/m1/s1. The summed E-state index contributed by atoms with van der Waals surface area (Å²) in [5, 5.41) is 22.2. The Balaban J connectivity index is 2.30. The Labute approximate surface area is 119 Å². The fourth-order valence-electron chi connectivity index (χ4n) is 2.67. The van der Waals surface area contributed by atoms with E-state index in [0.29, 0.717) is 13.0 Å². The number of carbonyl (C=O) groups is 1. The van der Waals surface area contributed by atoms with Crippen molar-refractivity contribution in [2.24, 2.45) is 5.92 Å². The molecule has 0 aliphatic carbocycles. The van der Waals surface area contributed by atoms with E-state index in [2.05, 4.69) is 10.3 Å². The predicted octanol–water partition coefficient (Wildman–Crippen LogP) is 1.61. The highest BCUT2D eigenvalue weighted by molar-refractivity contribution is 5.66. The first-order chi connectivity index (χ1) is 9.88. The summed E-state index contributed by atoms with van der Waals surface area (Å²) >= 11 is 0. The Kier molecular flexibility index (Phi) is 4.20. The minimum Gasteiger partial charge on any atom is -0.465 e. The molecule has 1 aliphatic rings. The minimum atomic E-state index is -1.15. The van der Waals surface area contributed by atoms with Gasteiger partial charge in [-0.2, -0.15) is 4.39 Å². The Hall–Kier alpha value is -2.45. The van der Waals surface area contributed by atoms with Crippen molar-refractivity contribution in [1.82, 2.24) is 10.3 Å². The van der Waals surface area contributed by atoms with Gasteiger partial charge in [-0.3, -0.25) is 10.1 Å². The first-order valence-corrected chi connectivity index (χ1v) is 6.41. The van der Waals surface area contributed by atoms with Crippen LogP contribution in [0.5, 0.6) is 0 Å². The van der Waals surface area contributed by atoms with Gasteiger partial charge in [-0.1, -0.05) is 6.92 Å². The molecular weight excluding hydrogens is 283 g/mol. The normalized spacial score (nSPS) is 21.9. The van der Waals surface area contributed by atoms with Crippen LogP contribution in [-0.2, 0) is 0 Å². The smallest absolute Gasteiger partial charge is 0.404 e. The highest BCUT2D eigenvalue weighted by Gasteiger charge is 2.31. The third kappa shape index (κ3) is 3.36. The number of hydrogen-bond donors (Lipinski definition) is 2. The lowest BCUT2D eigenvalue weighted by Gasteiger charge is -2.37. The number of pyridine rings is 1. The number of carboxylic acid groups (broad SMARTS) is 1. The quantitative estimate of drug-likeness (QED) is 0.498. The van der Waals surface area contributed by atoms with Crippen molar-refractivity contribution < 1.29 is 19.2 Å². The molecule has 114 valence electrons. The summed E-state index contributed by atoms with van der Waals surface area (Å²) in [6, 6.07) is 1.01. The zero-order valence-corrected chi connectivity index (χ0v) is 11.3. The lowest BCUT2D eigenvalue weighted by Crippen LogP contribution is -2.50. The molecule has 0 saturated carbocycles. The number of rotatable bonds is 3. The molecule has 0 aromatic carbocycles. The molecule has 9 heteroatoms. The Morgan fingerprint density at radius 3 is 2.95 bits per heavy atom. The molecule has 1 fully saturated rings. The molecule has 1 amide bonds. The van der Waals surface area contributed by atoms with Gasteiger partial charge >= 0.3 is 11.8 Å². The van der Waals surface area contributed by atoms with Gasteiger partial charge in [0.25, 0.3) is 5.95 Å². The summed E-state index contributed by atoms with van der Waals surface area (Å²) in [4.78, 5) is 25.9. The van der Waals surface area contributed by atoms with Crippen LogP contribution in [-0.4, -0.2) is 40.2 Å². The molecule has 0 bridgehead atoms. The van der Waals surface area contributed by atoms with Gasteiger partial charge in [0.1, 0.15) is 5.69 Å². The summed E-state index contributed by atoms with van der Waals surface area (Å²) in [6.07, 6.45) is 0.644. The van der Waals surface area contributed by atoms with E-state index >= 15 is 0 Å². The topological polar surface area (TPSA) is 109 Å². The first-order valence-electron chi connectivity index (χ1n) is 6.41. The molecule has 0 unspecified atom stereocenters. The monoisotopic (exact) mass is 298 g/mol. The molecule has 1 aromatic heterocycles. The van der Waals surface area contributed by atoms with E-state index in [1.165, 1.54) is 6.07 Å². The van der Waals surface area contributed by atoms with Crippen LogP contribution in [0.4, 0.5) is 20.6 Å². The molecule has 2 N–H and O–H groups in total. The third-order valence-electron chi connectivity index (χ3n) is 3.37. The zero-order chi connectivity index (χ0) is 15.6. The summed E-state index contributed by atoms with van der Waals surface area (Å²) < 4.78 is 13.6. The number of piperidine rings is 1. The molecule has 1 saturated heterocycles. The Morgan fingerprint density at radius 1 is 1.62 bits per heavy atom. The van der Waals surface area contributed by atoms with Gasteiger partial charge in [0.15, 0.2) is 0 Å². The number of nitrogens with one attached hydrogen (secondary N) is 1. The molecule has 1 aromatic rings. The molecule has 2 rings (SSSR count). The van der Waals surface area contributed by atoms with Crippen LogP contribution in [0.2, 0.25) is 0 Å². The average Bonchev–Trinajstić information content (AvgIpc) is 2.36. The van der Waals surface area contributed by atoms with E-state index in [0.717, 1.165) is 6.20 Å². The van der Waals surface area contributed by atoms with Crippen LogP contribution in [0.15, 0.2) is 12.3 Å². The van der Waals surface area contributed by atoms with Crippen LogP contribution in [0, 0.1) is 22.0 Å². The summed E-state index contributed by atoms with van der Waals surface area (Å²) in [7, 11) is 0. The van der Waals surface area contributed by atoms with Crippen LogP contribution in [0.1, 0.15) is 13.3 Å². The van der Waals surface area contributed by atoms with E-state index in [-0.39, 0.29) is 24.2 Å². The Morgan fingerprint density at radius 2 is 2.33 bits per heavy atom. The second-order valence-corrected chi connectivity index (χ2v) is 5.12. The lowest BCUT2D eigenvalue weighted by molar-refractivity contribution is -0.387. The molecular formula is C12H15FN4O4. The van der Waals surface area contributed by atoms with E-state index in [1.54, 1.807) is 4.90 Å². The molecule has 8 nitrogen and oxygen atoms in total. The fourth-order valence-corrected chi connectivity index (χ4v) is 2.67. The van der Waals surface area contributed by atoms with Crippen LogP contribution < -0.4 is 10.2 Å². The second kappa shape index (κ2) is 5.90. The van der Waals surface area contributed by atoms with E-state index < -0.39 is 22.7 Å². The summed E-state index contributed by atoms with van der Waals surface area (Å²) in [5.41, 5.74) is -0.558. The minimum absolute atomic E-state index is 0.117. The number of nitro groups is 1. The zero-order valence-electron chi connectivity index (χ0n) is 11.3. The van der Waals surface area contributed by atoms with Crippen LogP contribution in [0.3, 0.4) is 0 Å². The van der Waals surface area contributed by atoms with Gasteiger partial charge < -0.3 is 15.3 Å². The molecule has 2 atom stereocenters. The van der Waals surface area contributed by atoms with Gasteiger partial charge in [0.2, 0.25) is 0 Å². The summed E-state index contributed by atoms with van der Waals surface area (Å²) in [6.45, 7) is 2.65. The van der Waals surface area contributed by atoms with Crippen LogP contribution >= 0.6 is 0 Å². The third-order valence-corrected chi connectivity index (χ3v) is 3.37. The molecule has 2 heterocycles. The number of hydrogen-bond acceptors (Lipinski definition) is 5. The maximum atomic E-state index is 13.6. The van der Waals surface area contributed by atoms with E-state index in [9.17, 15) is 19.3 Å². The molecule has 0 spiro atoms. The summed E-state index contributed by atoms with van der Waals surface area (Å²) in [5.74, 6) is -1.02. The Bertz CT molecular complexity index is 568. The SMILES string of the molecule is C[C@@H]1C[C@H](NC(=O)O)CN(c2ccnc(F)c2[N+](=O)[O-])C1. The molecule has 1 aliphatic heterocycles. The maximum Gasteiger partial charge on any atom is 0.404 e. The maximum absolute atomic E-state index is 13.6. The van der Waals surface area contributed by atoms with Crippen molar-refractivity contribution >= 4 is 17.5 Å². The molecule has 0 radical (unpaired) electrons. The fraction of sp³-hybridized carbons (Fsp3) is 0.500. The van der Waals surface area contributed by atoms with Crippen molar-refractivity contribution in [2.75, 3.05) is 18.0 Å². The second-order valence-electron chi connectivity index (χ2n) is 5.12. The predicted molar refractivity (Wildman–Crippen MR) is 71.8 cm³/mol. The van der Waals surface area contributed by atoms with Crippen molar-refractivity contribution in [3.05, 3.63) is 28.3 Å². The van der Waals surface area contributed by atoms with Gasteiger partial charge in [-0.05, 0) is 18.4 Å². The van der Waals surface area contributed by atoms with Crippen molar-refractivity contribution in [1.29, 1.82) is 0 Å². The highest BCUT2D eigenvalue weighted by Crippen LogP contribution is 2.32. The van der Waals surface area contributed by atoms with Crippen molar-refractivity contribution in [2.45, 2.75) is 19.4 Å². The van der Waals surface area contributed by atoms with Gasteiger partial charge in [-0.15, -0.1) is 0 Å². The number of anilines is 1. The number of halogens is 1. The number of amides is 1. The first kappa shape index (κ1) is 14.9. The molecule has 21 heavy (non-hydrogen) atoms.